The van der Waals surface area contributed by atoms with Crippen molar-refractivity contribution in [3.8, 4) is 0 Å². The number of carbonyl (C=O) groups excluding carboxylic acids is 1. The van der Waals surface area contributed by atoms with Crippen LogP contribution in [0.25, 0.3) is 0 Å². The molecule has 0 saturated heterocycles. The third-order valence-electron chi connectivity index (χ3n) is 4.50. The fraction of sp³-hybridized carbons (Fsp3) is 0.588. The number of nitrogens with one attached hydrogen (secondary N) is 1. The molecule has 1 aliphatic rings. The standard InChI is InChI=1S/C17H26N2O/c1-13-9-11-17(2,12-10-13)19-16(20)8-7-14-5-3-4-6-15(14)18/h3-6,13H,7-12,18H2,1-2H3,(H,19,20). The second kappa shape index (κ2) is 6.29. The molecule has 1 aromatic carbocycles. The van der Waals surface area contributed by atoms with Gasteiger partial charge in [-0.1, -0.05) is 25.1 Å². The van der Waals surface area contributed by atoms with E-state index in [1.165, 1.54) is 12.8 Å². The zero-order valence-corrected chi connectivity index (χ0v) is 12.6. The van der Waals surface area contributed by atoms with Crippen molar-refractivity contribution in [2.45, 2.75) is 57.9 Å². The second-order valence-electron chi connectivity index (χ2n) is 6.49. The fourth-order valence-electron chi connectivity index (χ4n) is 2.93. The van der Waals surface area contributed by atoms with E-state index < -0.39 is 0 Å². The maximum atomic E-state index is 12.1. The Kier molecular flexibility index (Phi) is 4.69. The molecule has 0 bridgehead atoms. The number of rotatable bonds is 4. The summed E-state index contributed by atoms with van der Waals surface area (Å²) < 4.78 is 0. The van der Waals surface area contributed by atoms with Crippen LogP contribution in [0.3, 0.4) is 0 Å². The SMILES string of the molecule is CC1CCC(C)(NC(=O)CCc2ccccc2N)CC1. The fourth-order valence-corrected chi connectivity index (χ4v) is 2.93. The summed E-state index contributed by atoms with van der Waals surface area (Å²) in [6.45, 7) is 4.47. The third kappa shape index (κ3) is 3.99. The summed E-state index contributed by atoms with van der Waals surface area (Å²) >= 11 is 0. The van der Waals surface area contributed by atoms with E-state index in [-0.39, 0.29) is 11.4 Å². The van der Waals surface area contributed by atoms with Gasteiger partial charge in [-0.2, -0.15) is 0 Å². The summed E-state index contributed by atoms with van der Waals surface area (Å²) in [5.41, 5.74) is 7.73. The maximum Gasteiger partial charge on any atom is 0.220 e. The average molecular weight is 274 g/mol. The van der Waals surface area contributed by atoms with E-state index in [1.54, 1.807) is 0 Å². The van der Waals surface area contributed by atoms with E-state index in [4.69, 9.17) is 5.73 Å². The van der Waals surface area contributed by atoms with Gasteiger partial charge in [-0.05, 0) is 56.6 Å². The number of hydrogen-bond donors (Lipinski definition) is 2. The monoisotopic (exact) mass is 274 g/mol. The molecule has 0 spiro atoms. The van der Waals surface area contributed by atoms with Crippen LogP contribution in [0.4, 0.5) is 5.69 Å². The van der Waals surface area contributed by atoms with E-state index >= 15 is 0 Å². The van der Waals surface area contributed by atoms with Crippen LogP contribution in [-0.4, -0.2) is 11.4 Å². The van der Waals surface area contributed by atoms with Crippen LogP contribution < -0.4 is 11.1 Å². The Morgan fingerprint density at radius 2 is 2.00 bits per heavy atom. The molecule has 1 saturated carbocycles. The summed E-state index contributed by atoms with van der Waals surface area (Å²) in [6.07, 6.45) is 5.83. The zero-order valence-electron chi connectivity index (χ0n) is 12.6. The van der Waals surface area contributed by atoms with Gasteiger partial charge in [0, 0.05) is 17.6 Å². The van der Waals surface area contributed by atoms with Crippen LogP contribution in [0.2, 0.25) is 0 Å². The molecule has 1 amide bonds. The molecule has 2 rings (SSSR count). The smallest absolute Gasteiger partial charge is 0.220 e. The molecule has 0 aliphatic heterocycles. The molecular weight excluding hydrogens is 248 g/mol. The van der Waals surface area contributed by atoms with Crippen molar-refractivity contribution in [2.24, 2.45) is 5.92 Å². The van der Waals surface area contributed by atoms with Crippen LogP contribution in [0.15, 0.2) is 24.3 Å². The van der Waals surface area contributed by atoms with Crippen molar-refractivity contribution in [3.63, 3.8) is 0 Å². The van der Waals surface area contributed by atoms with Gasteiger partial charge in [-0.3, -0.25) is 4.79 Å². The second-order valence-corrected chi connectivity index (χ2v) is 6.49. The minimum Gasteiger partial charge on any atom is -0.399 e. The molecule has 0 atom stereocenters. The highest BCUT2D eigenvalue weighted by molar-refractivity contribution is 5.77. The number of para-hydroxylation sites is 1. The van der Waals surface area contributed by atoms with Gasteiger partial charge in [0.05, 0.1) is 0 Å². The molecule has 3 N–H and O–H groups in total. The molecule has 3 nitrogen and oxygen atoms in total. The molecule has 1 aliphatic carbocycles. The highest BCUT2D eigenvalue weighted by Crippen LogP contribution is 2.31. The first kappa shape index (κ1) is 14.9. The Hall–Kier alpha value is -1.51. The summed E-state index contributed by atoms with van der Waals surface area (Å²) in [4.78, 5) is 12.1. The normalized spacial score (nSPS) is 26.2. The van der Waals surface area contributed by atoms with Gasteiger partial charge in [0.2, 0.25) is 5.91 Å². The predicted molar refractivity (Wildman–Crippen MR) is 83.4 cm³/mol. The minimum atomic E-state index is -0.00811. The predicted octanol–water partition coefficient (Wildman–Crippen LogP) is 3.29. The van der Waals surface area contributed by atoms with Gasteiger partial charge >= 0.3 is 0 Å². The van der Waals surface area contributed by atoms with Crippen LogP contribution in [0.5, 0.6) is 0 Å². The Bertz CT molecular complexity index is 462. The average Bonchev–Trinajstić information content (AvgIpc) is 2.41. The molecule has 1 aromatic rings. The van der Waals surface area contributed by atoms with Crippen molar-refractivity contribution in [3.05, 3.63) is 29.8 Å². The van der Waals surface area contributed by atoms with Gasteiger partial charge in [-0.15, -0.1) is 0 Å². The van der Waals surface area contributed by atoms with Gasteiger partial charge < -0.3 is 11.1 Å². The van der Waals surface area contributed by atoms with Crippen molar-refractivity contribution in [2.75, 3.05) is 5.73 Å². The summed E-state index contributed by atoms with van der Waals surface area (Å²) in [5.74, 6) is 0.939. The van der Waals surface area contributed by atoms with Crippen molar-refractivity contribution < 1.29 is 4.79 Å². The largest absolute Gasteiger partial charge is 0.399 e. The summed E-state index contributed by atoms with van der Waals surface area (Å²) in [7, 11) is 0. The topological polar surface area (TPSA) is 55.1 Å². The summed E-state index contributed by atoms with van der Waals surface area (Å²) in [5, 5.41) is 3.23. The van der Waals surface area contributed by atoms with Gasteiger partial charge in [0.25, 0.3) is 0 Å². The van der Waals surface area contributed by atoms with E-state index in [1.807, 2.05) is 24.3 Å². The first-order valence-electron chi connectivity index (χ1n) is 7.63. The minimum absolute atomic E-state index is 0.00811. The molecule has 0 heterocycles. The maximum absolute atomic E-state index is 12.1. The number of nitrogens with two attached hydrogens (primary N) is 1. The number of hydrogen-bond acceptors (Lipinski definition) is 2. The van der Waals surface area contributed by atoms with Crippen molar-refractivity contribution in [1.29, 1.82) is 0 Å². The first-order chi connectivity index (χ1) is 9.48. The number of aryl methyl sites for hydroxylation is 1. The quantitative estimate of drug-likeness (QED) is 0.828. The number of carbonyl (C=O) groups is 1. The molecule has 20 heavy (non-hydrogen) atoms. The van der Waals surface area contributed by atoms with Gasteiger partial charge in [-0.25, -0.2) is 0 Å². The van der Waals surface area contributed by atoms with E-state index in [0.29, 0.717) is 12.8 Å². The number of anilines is 1. The van der Waals surface area contributed by atoms with E-state index in [0.717, 1.165) is 30.0 Å². The number of amides is 1. The van der Waals surface area contributed by atoms with Crippen LogP contribution >= 0.6 is 0 Å². The highest BCUT2D eigenvalue weighted by Gasteiger charge is 2.30. The van der Waals surface area contributed by atoms with Crippen molar-refractivity contribution in [1.82, 2.24) is 5.32 Å². The van der Waals surface area contributed by atoms with Gasteiger partial charge in [0.1, 0.15) is 0 Å². The molecule has 0 radical (unpaired) electrons. The van der Waals surface area contributed by atoms with E-state index in [9.17, 15) is 4.79 Å². The van der Waals surface area contributed by atoms with Crippen LogP contribution in [-0.2, 0) is 11.2 Å². The number of nitrogen functional groups attached to an aromatic ring is 1. The van der Waals surface area contributed by atoms with Gasteiger partial charge in [0.15, 0.2) is 0 Å². The zero-order chi connectivity index (χ0) is 14.6. The lowest BCUT2D eigenvalue weighted by Gasteiger charge is -2.37. The molecular formula is C17H26N2O. The summed E-state index contributed by atoms with van der Waals surface area (Å²) in [6, 6.07) is 7.76. The molecule has 110 valence electrons. The van der Waals surface area contributed by atoms with Crippen LogP contribution in [0, 0.1) is 5.92 Å². The third-order valence-corrected chi connectivity index (χ3v) is 4.50. The molecule has 3 heteroatoms. The van der Waals surface area contributed by atoms with Crippen LogP contribution in [0.1, 0.15) is 51.5 Å². The first-order valence-corrected chi connectivity index (χ1v) is 7.63. The lowest BCUT2D eigenvalue weighted by atomic mass is 9.78. The van der Waals surface area contributed by atoms with E-state index in [2.05, 4.69) is 19.2 Å². The lowest BCUT2D eigenvalue weighted by molar-refractivity contribution is -0.123. The Morgan fingerprint density at radius 1 is 1.35 bits per heavy atom. The molecule has 1 fully saturated rings. The Labute approximate surface area is 121 Å². The Balaban J connectivity index is 1.82. The molecule has 0 unspecified atom stereocenters. The number of benzene rings is 1. The molecule has 0 aromatic heterocycles. The lowest BCUT2D eigenvalue weighted by Crippen LogP contribution is -2.48. The van der Waals surface area contributed by atoms with Crippen molar-refractivity contribution >= 4 is 11.6 Å². The highest BCUT2D eigenvalue weighted by atomic mass is 16.1. The Morgan fingerprint density at radius 3 is 2.65 bits per heavy atom.